The Hall–Kier alpha value is -1.26. The van der Waals surface area contributed by atoms with E-state index in [4.69, 9.17) is 14.2 Å². The molecule has 1 aromatic rings. The fourth-order valence-corrected chi connectivity index (χ4v) is 2.82. The van der Waals surface area contributed by atoms with Gasteiger partial charge in [-0.3, -0.25) is 0 Å². The van der Waals surface area contributed by atoms with Crippen molar-refractivity contribution in [2.75, 3.05) is 26.2 Å². The Labute approximate surface area is 128 Å². The smallest absolute Gasteiger partial charge is 0.137 e. The molecule has 0 aliphatic carbocycles. The van der Waals surface area contributed by atoms with Crippen molar-refractivity contribution in [1.82, 2.24) is 0 Å². The molecule has 1 saturated heterocycles. The Morgan fingerprint density at radius 3 is 2.52 bits per heavy atom. The fourth-order valence-electron chi connectivity index (χ4n) is 2.82. The summed E-state index contributed by atoms with van der Waals surface area (Å²) in [6, 6.07) is 7.87. The largest absolute Gasteiger partial charge is 0.491 e. The van der Waals surface area contributed by atoms with Crippen LogP contribution in [0.3, 0.4) is 0 Å². The van der Waals surface area contributed by atoms with Crippen LogP contribution in [-0.4, -0.2) is 44.6 Å². The van der Waals surface area contributed by atoms with Crippen LogP contribution in [0, 0.1) is 0 Å². The molecule has 0 amide bonds. The van der Waals surface area contributed by atoms with Crippen LogP contribution in [0.5, 0.6) is 11.5 Å². The second-order valence-corrected chi connectivity index (χ2v) is 6.16. The van der Waals surface area contributed by atoms with Gasteiger partial charge < -0.3 is 19.1 Å². The number of rotatable bonds is 6. The van der Waals surface area contributed by atoms with Crippen molar-refractivity contribution in [3.63, 3.8) is 0 Å². The van der Waals surface area contributed by atoms with Crippen LogP contribution in [0.2, 0.25) is 0 Å². The zero-order valence-corrected chi connectivity index (χ0v) is 13.6. The highest BCUT2D eigenvalue weighted by Crippen LogP contribution is 2.20. The van der Waals surface area contributed by atoms with Crippen molar-refractivity contribution >= 4 is 0 Å². The summed E-state index contributed by atoms with van der Waals surface area (Å²) >= 11 is 0. The number of benzene rings is 1. The predicted octanol–water partition coefficient (Wildman–Crippen LogP) is 1.54. The number of hydrogen-bond donors (Lipinski definition) is 1. The van der Waals surface area contributed by atoms with Gasteiger partial charge in [0.1, 0.15) is 49.9 Å². The van der Waals surface area contributed by atoms with Crippen LogP contribution < -0.4 is 14.4 Å². The summed E-state index contributed by atoms with van der Waals surface area (Å²) in [7, 11) is 0. The summed E-state index contributed by atoms with van der Waals surface area (Å²) in [6.45, 7) is 12.2. The first-order valence-electron chi connectivity index (χ1n) is 7.91. The van der Waals surface area contributed by atoms with E-state index in [0.29, 0.717) is 12.2 Å². The molecule has 118 valence electrons. The van der Waals surface area contributed by atoms with E-state index in [2.05, 4.69) is 13.8 Å². The Bertz CT molecular complexity index is 426. The summed E-state index contributed by atoms with van der Waals surface area (Å²) in [5.74, 6) is 1.74. The van der Waals surface area contributed by atoms with E-state index in [1.54, 1.807) is 4.90 Å². The van der Waals surface area contributed by atoms with Crippen molar-refractivity contribution in [3.8, 4) is 11.5 Å². The van der Waals surface area contributed by atoms with Crippen LogP contribution in [-0.2, 0) is 4.74 Å². The van der Waals surface area contributed by atoms with E-state index in [1.165, 1.54) is 0 Å². The van der Waals surface area contributed by atoms with Gasteiger partial charge in [0.05, 0.1) is 6.10 Å². The maximum absolute atomic E-state index is 5.86. The summed E-state index contributed by atoms with van der Waals surface area (Å²) in [5, 5.41) is 0. The van der Waals surface area contributed by atoms with Gasteiger partial charge >= 0.3 is 0 Å². The minimum Gasteiger partial charge on any atom is -0.491 e. The first kappa shape index (κ1) is 16.1. The lowest BCUT2D eigenvalue weighted by molar-refractivity contribution is -0.915. The monoisotopic (exact) mass is 294 g/mol. The second-order valence-electron chi connectivity index (χ2n) is 6.16. The summed E-state index contributed by atoms with van der Waals surface area (Å²) in [5.41, 5.74) is 0. The van der Waals surface area contributed by atoms with Crippen LogP contribution >= 0.6 is 0 Å². The average molecular weight is 294 g/mol. The number of hydrogen-bond acceptors (Lipinski definition) is 3. The van der Waals surface area contributed by atoms with E-state index in [0.717, 1.165) is 37.7 Å². The number of ether oxygens (including phenoxy) is 3. The summed E-state index contributed by atoms with van der Waals surface area (Å²) < 4.78 is 17.3. The summed E-state index contributed by atoms with van der Waals surface area (Å²) in [6.07, 6.45) is 0.860. The van der Waals surface area contributed by atoms with E-state index < -0.39 is 0 Å². The van der Waals surface area contributed by atoms with Crippen LogP contribution in [0.1, 0.15) is 27.7 Å². The lowest BCUT2D eigenvalue weighted by Gasteiger charge is -2.32. The van der Waals surface area contributed by atoms with Gasteiger partial charge in [-0.1, -0.05) is 6.07 Å². The molecule has 2 rings (SSSR count). The molecule has 0 spiro atoms. The molecule has 1 fully saturated rings. The first-order chi connectivity index (χ1) is 10.0. The molecule has 1 aromatic carbocycles. The SMILES string of the molecule is CC(C)Oc1cccc(OCC[NH+]2C[C@H](C)O[C@@H](C)C2)c1. The van der Waals surface area contributed by atoms with Crippen LogP contribution in [0.4, 0.5) is 0 Å². The highest BCUT2D eigenvalue weighted by atomic mass is 16.5. The molecule has 1 aliphatic rings. The molecular weight excluding hydrogens is 266 g/mol. The Kier molecular flexibility index (Phi) is 5.88. The molecule has 4 nitrogen and oxygen atoms in total. The topological polar surface area (TPSA) is 32.1 Å². The second kappa shape index (κ2) is 7.66. The number of morpholine rings is 1. The molecule has 1 aliphatic heterocycles. The van der Waals surface area contributed by atoms with Crippen molar-refractivity contribution in [2.24, 2.45) is 0 Å². The number of quaternary nitrogens is 1. The zero-order chi connectivity index (χ0) is 15.2. The molecule has 0 unspecified atom stereocenters. The molecule has 1 heterocycles. The Morgan fingerprint density at radius 2 is 1.86 bits per heavy atom. The third-order valence-electron chi connectivity index (χ3n) is 3.52. The highest BCUT2D eigenvalue weighted by molar-refractivity contribution is 5.33. The average Bonchev–Trinajstić information content (AvgIpc) is 2.37. The van der Waals surface area contributed by atoms with Crippen LogP contribution in [0.15, 0.2) is 24.3 Å². The van der Waals surface area contributed by atoms with E-state index in [-0.39, 0.29) is 6.10 Å². The molecule has 0 radical (unpaired) electrons. The van der Waals surface area contributed by atoms with E-state index in [9.17, 15) is 0 Å². The van der Waals surface area contributed by atoms with Gasteiger partial charge in [-0.05, 0) is 39.8 Å². The fraction of sp³-hybridized carbons (Fsp3) is 0.647. The third-order valence-corrected chi connectivity index (χ3v) is 3.52. The maximum Gasteiger partial charge on any atom is 0.137 e. The van der Waals surface area contributed by atoms with Crippen molar-refractivity contribution in [2.45, 2.75) is 46.0 Å². The maximum atomic E-state index is 5.86. The Morgan fingerprint density at radius 1 is 1.19 bits per heavy atom. The van der Waals surface area contributed by atoms with Crippen molar-refractivity contribution in [3.05, 3.63) is 24.3 Å². The van der Waals surface area contributed by atoms with Gasteiger partial charge in [0.25, 0.3) is 0 Å². The highest BCUT2D eigenvalue weighted by Gasteiger charge is 2.25. The molecule has 0 aromatic heterocycles. The minimum absolute atomic E-state index is 0.181. The van der Waals surface area contributed by atoms with Gasteiger partial charge in [-0.2, -0.15) is 0 Å². The predicted molar refractivity (Wildman–Crippen MR) is 83.3 cm³/mol. The first-order valence-corrected chi connectivity index (χ1v) is 7.91. The van der Waals surface area contributed by atoms with E-state index in [1.807, 2.05) is 38.1 Å². The molecule has 0 bridgehead atoms. The van der Waals surface area contributed by atoms with Crippen LogP contribution in [0.25, 0.3) is 0 Å². The van der Waals surface area contributed by atoms with Gasteiger partial charge in [0.15, 0.2) is 0 Å². The molecular formula is C17H28NO3+. The zero-order valence-electron chi connectivity index (χ0n) is 13.6. The lowest BCUT2D eigenvalue weighted by atomic mass is 10.2. The quantitative estimate of drug-likeness (QED) is 0.864. The van der Waals surface area contributed by atoms with E-state index >= 15 is 0 Å². The Balaban J connectivity index is 1.78. The van der Waals surface area contributed by atoms with Gasteiger partial charge in [-0.25, -0.2) is 0 Å². The van der Waals surface area contributed by atoms with Gasteiger partial charge in [-0.15, -0.1) is 0 Å². The molecule has 2 atom stereocenters. The normalized spacial score (nSPS) is 25.9. The molecule has 4 heteroatoms. The molecule has 21 heavy (non-hydrogen) atoms. The van der Waals surface area contributed by atoms with Gasteiger partial charge in [0, 0.05) is 6.07 Å². The van der Waals surface area contributed by atoms with Crippen molar-refractivity contribution in [1.29, 1.82) is 0 Å². The molecule has 0 saturated carbocycles. The third kappa shape index (κ3) is 5.56. The lowest BCUT2D eigenvalue weighted by Crippen LogP contribution is -3.16. The van der Waals surface area contributed by atoms with Crippen molar-refractivity contribution < 1.29 is 19.1 Å². The number of nitrogens with one attached hydrogen (secondary N) is 1. The summed E-state index contributed by atoms with van der Waals surface area (Å²) in [4.78, 5) is 1.55. The molecule has 1 N–H and O–H groups in total. The minimum atomic E-state index is 0.181. The van der Waals surface area contributed by atoms with Gasteiger partial charge in [0.2, 0.25) is 0 Å². The standard InChI is InChI=1S/C17H27NO3/c1-13(2)20-17-7-5-6-16(10-17)19-9-8-18-11-14(3)21-15(4)12-18/h5-7,10,13-15H,8-9,11-12H2,1-4H3/p+1/t14-,15-/m0/s1.